The first-order valence-corrected chi connectivity index (χ1v) is 6.00. The van der Waals surface area contributed by atoms with Crippen molar-refractivity contribution in [3.05, 3.63) is 29.8 Å². The Morgan fingerprint density at radius 1 is 1.33 bits per heavy atom. The maximum absolute atomic E-state index is 12.1. The summed E-state index contributed by atoms with van der Waals surface area (Å²) < 4.78 is 40.0. The van der Waals surface area contributed by atoms with E-state index in [4.69, 9.17) is 0 Å². The third-order valence-corrected chi connectivity index (χ3v) is 3.10. The molecule has 1 aliphatic carbocycles. The minimum atomic E-state index is -4.63. The predicted octanol–water partition coefficient (Wildman–Crippen LogP) is 3.47. The van der Waals surface area contributed by atoms with Crippen LogP contribution in [0.2, 0.25) is 0 Å². The maximum atomic E-state index is 12.1. The van der Waals surface area contributed by atoms with Crippen LogP contribution in [0.25, 0.3) is 0 Å². The fourth-order valence-corrected chi connectivity index (χ4v) is 2.18. The third kappa shape index (κ3) is 3.91. The van der Waals surface area contributed by atoms with Crippen LogP contribution in [0.15, 0.2) is 24.3 Å². The molecule has 0 unspecified atom stereocenters. The highest BCUT2D eigenvalue weighted by Crippen LogP contribution is 2.27. The summed E-state index contributed by atoms with van der Waals surface area (Å²) in [7, 11) is 0. The Bertz CT molecular complexity index is 399. The van der Waals surface area contributed by atoms with Gasteiger partial charge in [0.25, 0.3) is 0 Å². The molecule has 0 heterocycles. The van der Waals surface area contributed by atoms with E-state index in [2.05, 4.69) is 17.0 Å². The van der Waals surface area contributed by atoms with Crippen LogP contribution in [-0.4, -0.2) is 12.4 Å². The van der Waals surface area contributed by atoms with E-state index in [9.17, 15) is 13.2 Å². The summed E-state index contributed by atoms with van der Waals surface area (Å²) in [6.45, 7) is 2.77. The average Bonchev–Trinajstić information content (AvgIpc) is 2.21. The Morgan fingerprint density at radius 3 is 2.67 bits per heavy atom. The summed E-state index contributed by atoms with van der Waals surface area (Å²) in [6, 6.07) is 6.58. The minimum Gasteiger partial charge on any atom is -0.406 e. The van der Waals surface area contributed by atoms with Crippen LogP contribution in [0.5, 0.6) is 5.75 Å². The number of nitrogens with one attached hydrogen (secondary N) is 1. The highest BCUT2D eigenvalue weighted by molar-refractivity contribution is 5.28. The number of hydrogen-bond donors (Lipinski definition) is 1. The summed E-state index contributed by atoms with van der Waals surface area (Å²) >= 11 is 0. The summed E-state index contributed by atoms with van der Waals surface area (Å²) in [4.78, 5) is 0. The predicted molar refractivity (Wildman–Crippen MR) is 62.2 cm³/mol. The van der Waals surface area contributed by atoms with Crippen LogP contribution in [0.1, 0.15) is 25.3 Å². The second-order valence-electron chi connectivity index (χ2n) is 4.85. The minimum absolute atomic E-state index is 0.163. The van der Waals surface area contributed by atoms with Crippen molar-refractivity contribution in [3.63, 3.8) is 0 Å². The van der Waals surface area contributed by atoms with Gasteiger partial charge in [0.15, 0.2) is 0 Å². The molecule has 1 N–H and O–H groups in total. The van der Waals surface area contributed by atoms with Crippen molar-refractivity contribution in [1.82, 2.24) is 5.32 Å². The number of hydrogen-bond acceptors (Lipinski definition) is 2. The fourth-order valence-electron chi connectivity index (χ4n) is 2.18. The van der Waals surface area contributed by atoms with Crippen LogP contribution in [0, 0.1) is 5.92 Å². The zero-order chi connectivity index (χ0) is 13.2. The molecular formula is C13H16F3NO. The van der Waals surface area contributed by atoms with Crippen molar-refractivity contribution in [3.8, 4) is 5.75 Å². The van der Waals surface area contributed by atoms with Crippen molar-refractivity contribution in [1.29, 1.82) is 0 Å². The van der Waals surface area contributed by atoms with Gasteiger partial charge in [-0.1, -0.05) is 19.1 Å². The molecule has 5 heteroatoms. The first-order chi connectivity index (χ1) is 8.42. The van der Waals surface area contributed by atoms with E-state index < -0.39 is 6.36 Å². The van der Waals surface area contributed by atoms with Gasteiger partial charge < -0.3 is 10.1 Å². The van der Waals surface area contributed by atoms with Crippen LogP contribution in [0.3, 0.4) is 0 Å². The summed E-state index contributed by atoms with van der Waals surface area (Å²) in [6.07, 6.45) is -2.35. The molecule has 0 saturated heterocycles. The quantitative estimate of drug-likeness (QED) is 0.894. The summed E-state index contributed by atoms with van der Waals surface area (Å²) in [5.74, 6) is 0.589. The largest absolute Gasteiger partial charge is 0.573 e. The molecule has 1 aromatic carbocycles. The molecule has 0 atom stereocenters. The number of rotatable bonds is 4. The lowest BCUT2D eigenvalue weighted by atomic mass is 9.82. The van der Waals surface area contributed by atoms with Gasteiger partial charge in [-0.05, 0) is 36.5 Å². The topological polar surface area (TPSA) is 21.3 Å². The van der Waals surface area contributed by atoms with Crippen molar-refractivity contribution in [2.45, 2.75) is 38.7 Å². The second kappa shape index (κ2) is 5.18. The number of ether oxygens (including phenoxy) is 1. The standard InChI is InChI=1S/C13H16F3NO/c1-9-5-11(6-9)17-8-10-3-2-4-12(7-10)18-13(14,15)16/h2-4,7,9,11,17H,5-6,8H2,1H3. The Hall–Kier alpha value is -1.23. The normalized spacial score (nSPS) is 23.6. The number of halogens is 3. The third-order valence-electron chi connectivity index (χ3n) is 3.10. The molecule has 0 aromatic heterocycles. The van der Waals surface area contributed by atoms with Crippen LogP contribution < -0.4 is 10.1 Å². The van der Waals surface area contributed by atoms with Gasteiger partial charge in [-0.2, -0.15) is 0 Å². The molecular weight excluding hydrogens is 243 g/mol. The lowest BCUT2D eigenvalue weighted by molar-refractivity contribution is -0.274. The van der Waals surface area contributed by atoms with Crippen molar-refractivity contribution >= 4 is 0 Å². The van der Waals surface area contributed by atoms with E-state index in [1.807, 2.05) is 0 Å². The molecule has 2 rings (SSSR count). The second-order valence-corrected chi connectivity index (χ2v) is 4.85. The van der Waals surface area contributed by atoms with Crippen LogP contribution in [-0.2, 0) is 6.54 Å². The molecule has 1 saturated carbocycles. The molecule has 0 aliphatic heterocycles. The average molecular weight is 259 g/mol. The van der Waals surface area contributed by atoms with Gasteiger partial charge in [-0.25, -0.2) is 0 Å². The zero-order valence-corrected chi connectivity index (χ0v) is 10.1. The molecule has 100 valence electrons. The van der Waals surface area contributed by atoms with Gasteiger partial charge >= 0.3 is 6.36 Å². The van der Waals surface area contributed by atoms with Gasteiger partial charge in [0.1, 0.15) is 5.75 Å². The van der Waals surface area contributed by atoms with Crippen LogP contribution >= 0.6 is 0 Å². The molecule has 0 amide bonds. The molecule has 1 fully saturated rings. The zero-order valence-electron chi connectivity index (χ0n) is 10.1. The molecule has 0 spiro atoms. The monoisotopic (exact) mass is 259 g/mol. The van der Waals surface area contributed by atoms with Crippen molar-refractivity contribution in [2.24, 2.45) is 5.92 Å². The van der Waals surface area contributed by atoms with Gasteiger partial charge in [0.2, 0.25) is 0 Å². The van der Waals surface area contributed by atoms with E-state index in [1.54, 1.807) is 12.1 Å². The summed E-state index contributed by atoms with van der Waals surface area (Å²) in [5, 5.41) is 3.32. The number of benzene rings is 1. The van der Waals surface area contributed by atoms with Crippen LogP contribution in [0.4, 0.5) is 13.2 Å². The number of alkyl halides is 3. The lowest BCUT2D eigenvalue weighted by Crippen LogP contribution is -2.39. The van der Waals surface area contributed by atoms with Gasteiger partial charge in [-0.15, -0.1) is 13.2 Å². The Kier molecular flexibility index (Phi) is 3.80. The Labute approximate surface area is 104 Å². The smallest absolute Gasteiger partial charge is 0.406 e. The molecule has 0 radical (unpaired) electrons. The first-order valence-electron chi connectivity index (χ1n) is 6.00. The molecule has 2 nitrogen and oxygen atoms in total. The molecule has 0 bridgehead atoms. The van der Waals surface area contributed by atoms with Gasteiger partial charge in [-0.3, -0.25) is 0 Å². The molecule has 1 aromatic rings. The molecule has 18 heavy (non-hydrogen) atoms. The van der Waals surface area contributed by atoms with Gasteiger partial charge in [0, 0.05) is 12.6 Å². The van der Waals surface area contributed by atoms with E-state index in [0.29, 0.717) is 12.6 Å². The van der Waals surface area contributed by atoms with E-state index in [1.165, 1.54) is 12.1 Å². The van der Waals surface area contributed by atoms with Gasteiger partial charge in [0.05, 0.1) is 0 Å². The van der Waals surface area contributed by atoms with Crippen molar-refractivity contribution in [2.75, 3.05) is 0 Å². The molecule has 1 aliphatic rings. The van der Waals surface area contributed by atoms with E-state index >= 15 is 0 Å². The lowest BCUT2D eigenvalue weighted by Gasteiger charge is -2.33. The highest BCUT2D eigenvalue weighted by atomic mass is 19.4. The van der Waals surface area contributed by atoms with E-state index in [-0.39, 0.29) is 5.75 Å². The Balaban J connectivity index is 1.87. The summed E-state index contributed by atoms with van der Waals surface area (Å²) in [5.41, 5.74) is 0.802. The fraction of sp³-hybridized carbons (Fsp3) is 0.538. The van der Waals surface area contributed by atoms with E-state index in [0.717, 1.165) is 24.3 Å². The first kappa shape index (κ1) is 13.2. The Morgan fingerprint density at radius 2 is 2.06 bits per heavy atom. The maximum Gasteiger partial charge on any atom is 0.573 e. The highest BCUT2D eigenvalue weighted by Gasteiger charge is 2.31. The van der Waals surface area contributed by atoms with Crippen molar-refractivity contribution < 1.29 is 17.9 Å². The SMILES string of the molecule is CC1CC(NCc2cccc(OC(F)(F)F)c2)C1.